The van der Waals surface area contributed by atoms with Crippen molar-refractivity contribution in [2.75, 3.05) is 19.5 Å². The number of hydrogen-bond acceptors (Lipinski definition) is 4. The molecule has 2 N–H and O–H groups in total. The average molecular weight is 362 g/mol. The normalized spacial score (nSPS) is 13.7. The zero-order valence-corrected chi connectivity index (χ0v) is 14.3. The van der Waals surface area contributed by atoms with E-state index in [-0.39, 0.29) is 30.4 Å². The average Bonchev–Trinajstić information content (AvgIpc) is 2.39. The van der Waals surface area contributed by atoms with Crippen molar-refractivity contribution in [3.05, 3.63) is 28.2 Å². The maximum absolute atomic E-state index is 11.8. The molecule has 20 heavy (non-hydrogen) atoms. The molecular weight excluding hydrogens is 342 g/mol. The zero-order valence-electron chi connectivity index (χ0n) is 11.9. The Morgan fingerprint density at radius 3 is 2.80 bits per heavy atom. The molecule has 0 bridgehead atoms. The van der Waals surface area contributed by atoms with Gasteiger partial charge in [0.25, 0.3) is 5.91 Å². The van der Waals surface area contributed by atoms with Crippen molar-refractivity contribution in [3.63, 3.8) is 0 Å². The molecule has 0 saturated heterocycles. The van der Waals surface area contributed by atoms with Crippen LogP contribution in [0.4, 0.5) is 0 Å². The minimum absolute atomic E-state index is 0.00920. The van der Waals surface area contributed by atoms with E-state index in [1.165, 1.54) is 11.8 Å². The van der Waals surface area contributed by atoms with Crippen LogP contribution in [0, 0.1) is 6.92 Å². The van der Waals surface area contributed by atoms with Crippen LogP contribution < -0.4 is 10.1 Å². The molecule has 0 saturated carbocycles. The van der Waals surface area contributed by atoms with E-state index in [9.17, 15) is 9.90 Å². The van der Waals surface area contributed by atoms with Gasteiger partial charge in [-0.3, -0.25) is 4.79 Å². The lowest BCUT2D eigenvalue weighted by molar-refractivity contribution is -0.123. The minimum atomic E-state index is -0.197. The third-order valence-electron chi connectivity index (χ3n) is 2.88. The van der Waals surface area contributed by atoms with Crippen LogP contribution >= 0.6 is 27.7 Å². The van der Waals surface area contributed by atoms with Crippen LogP contribution in [0.15, 0.2) is 22.7 Å². The highest BCUT2D eigenvalue weighted by Gasteiger charge is 2.17. The van der Waals surface area contributed by atoms with Gasteiger partial charge in [-0.15, -0.1) is 0 Å². The van der Waals surface area contributed by atoms with E-state index in [1.54, 1.807) is 0 Å². The van der Waals surface area contributed by atoms with Gasteiger partial charge in [0.05, 0.1) is 11.1 Å². The molecule has 0 aliphatic carbocycles. The second-order valence-electron chi connectivity index (χ2n) is 4.54. The molecule has 2 unspecified atom stereocenters. The van der Waals surface area contributed by atoms with Gasteiger partial charge < -0.3 is 15.2 Å². The Morgan fingerprint density at radius 2 is 2.25 bits per heavy atom. The quantitative estimate of drug-likeness (QED) is 0.782. The van der Waals surface area contributed by atoms with Gasteiger partial charge in [0, 0.05) is 11.3 Å². The van der Waals surface area contributed by atoms with Gasteiger partial charge in [-0.25, -0.2) is 0 Å². The summed E-state index contributed by atoms with van der Waals surface area (Å²) in [6.45, 7) is 3.85. The Morgan fingerprint density at radius 1 is 1.55 bits per heavy atom. The van der Waals surface area contributed by atoms with Gasteiger partial charge in [0.2, 0.25) is 0 Å². The van der Waals surface area contributed by atoms with Crippen molar-refractivity contribution < 1.29 is 14.6 Å². The number of aliphatic hydroxyl groups excluding tert-OH is 1. The number of aliphatic hydroxyl groups is 1. The number of carbonyl (C=O) groups excluding carboxylic acids is 1. The van der Waals surface area contributed by atoms with E-state index >= 15 is 0 Å². The second-order valence-corrected chi connectivity index (χ2v) is 6.47. The topological polar surface area (TPSA) is 58.6 Å². The van der Waals surface area contributed by atoms with E-state index in [0.717, 1.165) is 10.0 Å². The maximum atomic E-state index is 11.8. The SMILES string of the molecule is CSC(CO)C(C)NC(=O)COc1ccc(C)cc1Br. The largest absolute Gasteiger partial charge is 0.483 e. The lowest BCUT2D eigenvalue weighted by Crippen LogP contribution is -2.43. The predicted octanol–water partition coefficient (Wildman–Crippen LogP) is 2.36. The standard InChI is InChI=1S/C14H20BrNO3S/c1-9-4-5-12(11(15)6-9)19-8-14(18)16-10(2)13(7-17)20-3/h4-6,10,13,17H,7-8H2,1-3H3,(H,16,18). The number of carbonyl (C=O) groups is 1. The zero-order chi connectivity index (χ0) is 15.1. The van der Waals surface area contributed by atoms with Gasteiger partial charge in [-0.05, 0) is 53.7 Å². The van der Waals surface area contributed by atoms with Crippen LogP contribution in [0.2, 0.25) is 0 Å². The maximum Gasteiger partial charge on any atom is 0.258 e. The summed E-state index contributed by atoms with van der Waals surface area (Å²) >= 11 is 4.93. The van der Waals surface area contributed by atoms with Crippen molar-refractivity contribution in [1.29, 1.82) is 0 Å². The smallest absolute Gasteiger partial charge is 0.258 e. The van der Waals surface area contributed by atoms with Gasteiger partial charge in [0.15, 0.2) is 6.61 Å². The van der Waals surface area contributed by atoms with Gasteiger partial charge in [-0.2, -0.15) is 11.8 Å². The van der Waals surface area contributed by atoms with E-state index in [1.807, 2.05) is 38.3 Å². The minimum Gasteiger partial charge on any atom is -0.483 e. The molecule has 0 aromatic heterocycles. The van der Waals surface area contributed by atoms with Gasteiger partial charge >= 0.3 is 0 Å². The number of hydrogen-bond donors (Lipinski definition) is 2. The van der Waals surface area contributed by atoms with Gasteiger partial charge in [0.1, 0.15) is 5.75 Å². The molecule has 2 atom stereocenters. The Bertz CT molecular complexity index is 452. The third kappa shape index (κ3) is 5.34. The number of aryl methyl sites for hydroxylation is 1. The van der Waals surface area contributed by atoms with Crippen LogP contribution in [0.25, 0.3) is 0 Å². The predicted molar refractivity (Wildman–Crippen MR) is 86.4 cm³/mol. The Balaban J connectivity index is 2.47. The summed E-state index contributed by atoms with van der Waals surface area (Å²) in [5.74, 6) is 0.444. The molecule has 1 rings (SSSR count). The van der Waals surface area contributed by atoms with Crippen molar-refractivity contribution >= 4 is 33.6 Å². The van der Waals surface area contributed by atoms with Crippen LogP contribution in [0.5, 0.6) is 5.75 Å². The summed E-state index contributed by atoms with van der Waals surface area (Å²) in [7, 11) is 0. The van der Waals surface area contributed by atoms with E-state index in [2.05, 4.69) is 21.2 Å². The lowest BCUT2D eigenvalue weighted by Gasteiger charge is -2.21. The summed E-state index contributed by atoms with van der Waals surface area (Å²) in [4.78, 5) is 11.8. The first kappa shape index (κ1) is 17.3. The molecule has 1 amide bonds. The highest BCUT2D eigenvalue weighted by atomic mass is 79.9. The monoisotopic (exact) mass is 361 g/mol. The molecule has 0 aliphatic rings. The third-order valence-corrected chi connectivity index (χ3v) is 4.66. The fraction of sp³-hybridized carbons (Fsp3) is 0.500. The first-order valence-electron chi connectivity index (χ1n) is 6.30. The van der Waals surface area contributed by atoms with Crippen LogP contribution in [-0.2, 0) is 4.79 Å². The van der Waals surface area contributed by atoms with Crippen molar-refractivity contribution in [3.8, 4) is 5.75 Å². The summed E-state index contributed by atoms with van der Waals surface area (Å²) in [5.41, 5.74) is 1.12. The van der Waals surface area contributed by atoms with Gasteiger partial charge in [-0.1, -0.05) is 6.07 Å². The first-order valence-corrected chi connectivity index (χ1v) is 8.38. The summed E-state index contributed by atoms with van der Waals surface area (Å²) < 4.78 is 6.30. The molecule has 6 heteroatoms. The number of amides is 1. The first-order chi connectivity index (χ1) is 9.47. The molecule has 4 nitrogen and oxygen atoms in total. The fourth-order valence-electron chi connectivity index (χ4n) is 1.69. The fourth-order valence-corrected chi connectivity index (χ4v) is 2.92. The highest BCUT2D eigenvalue weighted by molar-refractivity contribution is 9.10. The van der Waals surface area contributed by atoms with E-state index in [4.69, 9.17) is 4.74 Å². The highest BCUT2D eigenvalue weighted by Crippen LogP contribution is 2.25. The molecule has 0 heterocycles. The van der Waals surface area contributed by atoms with Crippen molar-refractivity contribution in [1.82, 2.24) is 5.32 Å². The molecule has 112 valence electrons. The molecular formula is C14H20BrNO3S. The molecule has 0 radical (unpaired) electrons. The molecule has 0 spiro atoms. The summed E-state index contributed by atoms with van der Waals surface area (Å²) in [6.07, 6.45) is 1.91. The molecule has 0 fully saturated rings. The van der Waals surface area contributed by atoms with Crippen molar-refractivity contribution in [2.24, 2.45) is 0 Å². The summed E-state index contributed by atoms with van der Waals surface area (Å²) in [6, 6.07) is 5.59. The molecule has 1 aromatic rings. The van der Waals surface area contributed by atoms with Crippen LogP contribution in [-0.4, -0.2) is 41.8 Å². The molecule has 0 aliphatic heterocycles. The summed E-state index contributed by atoms with van der Waals surface area (Å²) in [5, 5.41) is 12.0. The lowest BCUT2D eigenvalue weighted by atomic mass is 10.2. The number of benzene rings is 1. The van der Waals surface area contributed by atoms with Crippen molar-refractivity contribution in [2.45, 2.75) is 25.1 Å². The number of thioether (sulfide) groups is 1. The number of rotatable bonds is 7. The van der Waals surface area contributed by atoms with E-state index < -0.39 is 0 Å². The number of halogens is 1. The van der Waals surface area contributed by atoms with E-state index in [0.29, 0.717) is 5.75 Å². The Kier molecular flexibility index (Phi) is 7.40. The number of nitrogens with one attached hydrogen (secondary N) is 1. The molecule has 1 aromatic carbocycles. The van der Waals surface area contributed by atoms with Crippen LogP contribution in [0.1, 0.15) is 12.5 Å². The Labute approximate surface area is 132 Å². The number of ether oxygens (including phenoxy) is 1. The second kappa shape index (κ2) is 8.54. The van der Waals surface area contributed by atoms with Crippen LogP contribution in [0.3, 0.4) is 0 Å². The Hall–Kier alpha value is -0.720.